The molecule has 0 radical (unpaired) electrons. The standard InChI is InChI=1S/C27H30N2O5S2.C21H25NO3S.C20H23ClN2O3S.C20H29NO.C17H25NO2/c1-29(24-11-5-2-6-12-24)27(30)22-17-21(20-35(31,32)25-13-7-3-8-14-25)18-23(19-22)28-36(33,34)26-15-9-4-10-16-26;1-22(19-11-4-2-5-12-19)21(23)18-10-8-9-17(15-18)16-26(24,25)20-13-6-3-7-14-20;1-23(16-8-4-2-5-9-16)20(24)18-13-12-15(14-19(18)21)22-27(25,26)17-10-6-3-7-11-17;1-16-12-14-17(15-13-16)20(22)21(18-8-4-2-5-9-18)19-10-6-3-7-11-19;1-18(16-7-5-3-2-4-6-8-16)17(20)15-11-9-14(13-19)10-12-15/h3-4,7-10,13-19,24,28H,2,5-6,11-12,20H2,1H3;3,6-10,13-15,19H,2,4-5,11-12,16H2,1H3;3,6-7,10-14,16,22H,2,4-5,8-9H2,1H3;12-15,18-19H,2-11H2,1H3;9-12,16,19H,2-8,13H2,1H3. The molecule has 0 aromatic heterocycles. The lowest BCUT2D eigenvalue weighted by molar-refractivity contribution is 0.0447. The van der Waals surface area contributed by atoms with Crippen molar-refractivity contribution in [1.29, 1.82) is 0 Å². The van der Waals surface area contributed by atoms with E-state index in [1.165, 1.54) is 169 Å². The Labute approximate surface area is 783 Å². The number of benzene rings is 9. The second kappa shape index (κ2) is 49.6. The first-order chi connectivity index (χ1) is 63.0. The number of sulfone groups is 2. The van der Waals surface area contributed by atoms with Crippen molar-refractivity contribution in [2.45, 2.75) is 286 Å². The number of anilines is 2. The minimum Gasteiger partial charge on any atom is -0.392 e. The van der Waals surface area contributed by atoms with E-state index in [0.29, 0.717) is 56.5 Å². The van der Waals surface area contributed by atoms with Crippen LogP contribution in [0.2, 0.25) is 5.02 Å². The molecular weight excluding hydrogens is 1750 g/mol. The van der Waals surface area contributed by atoms with Crippen molar-refractivity contribution in [3.05, 3.63) is 286 Å². The van der Waals surface area contributed by atoms with E-state index in [-0.39, 0.29) is 96.7 Å². The largest absolute Gasteiger partial charge is 0.392 e. The van der Waals surface area contributed by atoms with Gasteiger partial charge in [-0.05, 0) is 222 Å². The van der Waals surface area contributed by atoms with Crippen LogP contribution < -0.4 is 9.44 Å². The van der Waals surface area contributed by atoms with Gasteiger partial charge in [-0.2, -0.15) is 0 Å². The summed E-state index contributed by atoms with van der Waals surface area (Å²) < 4.78 is 107. The van der Waals surface area contributed by atoms with Gasteiger partial charge in [-0.1, -0.05) is 255 Å². The number of halogens is 1. The molecule has 6 aliphatic carbocycles. The molecule has 6 saturated carbocycles. The van der Waals surface area contributed by atoms with Gasteiger partial charge in [-0.25, -0.2) is 33.7 Å². The fraction of sp³-hybridized carbons (Fsp3) is 0.438. The third kappa shape index (κ3) is 29.7. The van der Waals surface area contributed by atoms with Crippen LogP contribution in [0, 0.1) is 6.92 Å². The molecule has 9 aromatic carbocycles. The number of rotatable bonds is 24. The Hall–Kier alpha value is -10.0. The van der Waals surface area contributed by atoms with Gasteiger partial charge in [0.2, 0.25) is 0 Å². The van der Waals surface area contributed by atoms with Gasteiger partial charge in [0.05, 0.1) is 54.0 Å². The van der Waals surface area contributed by atoms with E-state index in [1.807, 2.05) is 60.3 Å². The first-order valence-electron chi connectivity index (χ1n) is 46.9. The van der Waals surface area contributed by atoms with E-state index in [1.54, 1.807) is 151 Å². The highest BCUT2D eigenvalue weighted by molar-refractivity contribution is 7.93. The number of carbonyl (C=O) groups is 5. The summed E-state index contributed by atoms with van der Waals surface area (Å²) in [5.74, 6) is -0.531. The Balaban J connectivity index is 0.000000160. The summed E-state index contributed by atoms with van der Waals surface area (Å²) in [7, 11) is -7.43. The summed E-state index contributed by atoms with van der Waals surface area (Å²) in [6.45, 7) is 2.10. The zero-order valence-corrected chi connectivity index (χ0v) is 80.7. The molecule has 0 saturated heterocycles. The zero-order valence-electron chi connectivity index (χ0n) is 76.7. The fourth-order valence-corrected chi connectivity index (χ4v) is 23.7. The number of carbonyl (C=O) groups excluding carboxylic acids is 5. The van der Waals surface area contributed by atoms with Crippen molar-refractivity contribution in [3.8, 4) is 0 Å². The van der Waals surface area contributed by atoms with Crippen LogP contribution in [0.4, 0.5) is 11.4 Å². The summed E-state index contributed by atoms with van der Waals surface area (Å²) >= 11 is 6.30. The van der Waals surface area contributed by atoms with Gasteiger partial charge >= 0.3 is 0 Å². The average Bonchev–Trinajstić information content (AvgIpc) is 0.796. The van der Waals surface area contributed by atoms with Crippen LogP contribution in [-0.2, 0) is 57.8 Å². The van der Waals surface area contributed by atoms with Crippen molar-refractivity contribution >= 4 is 92.2 Å². The number of aliphatic hydroxyl groups is 1. The number of hydrogen-bond donors (Lipinski definition) is 3. The molecule has 21 nitrogen and oxygen atoms in total. The normalized spacial score (nSPS) is 16.5. The Kier molecular flexibility index (Phi) is 38.5. The minimum atomic E-state index is -3.93. The Morgan fingerprint density at radius 1 is 0.305 bits per heavy atom. The predicted molar refractivity (Wildman–Crippen MR) is 522 cm³/mol. The number of sulfonamides is 2. The van der Waals surface area contributed by atoms with Crippen LogP contribution >= 0.6 is 11.6 Å². The summed E-state index contributed by atoms with van der Waals surface area (Å²) in [5, 5.41) is 9.27. The lowest BCUT2D eigenvalue weighted by atomic mass is 9.88. The first-order valence-corrected chi connectivity index (χ1v) is 53.6. The number of nitrogens with one attached hydrogen (secondary N) is 2. The van der Waals surface area contributed by atoms with Crippen molar-refractivity contribution < 1.29 is 62.8 Å². The molecule has 26 heteroatoms. The molecule has 9 aromatic rings. The molecule has 131 heavy (non-hydrogen) atoms. The maximum Gasteiger partial charge on any atom is 0.261 e. The van der Waals surface area contributed by atoms with E-state index in [0.717, 1.165) is 107 Å². The molecule has 0 spiro atoms. The summed E-state index contributed by atoms with van der Waals surface area (Å²) in [5.41, 5.74) is 6.26. The maximum absolute atomic E-state index is 13.4. The van der Waals surface area contributed by atoms with Crippen molar-refractivity contribution in [2.75, 3.05) is 37.6 Å². The van der Waals surface area contributed by atoms with Crippen LogP contribution in [0.25, 0.3) is 0 Å². The first kappa shape index (κ1) is 102. The average molecular weight is 1880 g/mol. The molecule has 0 atom stereocenters. The maximum atomic E-state index is 13.4. The molecule has 0 heterocycles. The quantitative estimate of drug-likeness (QED) is 0.0507. The molecule has 0 aliphatic heterocycles. The lowest BCUT2D eigenvalue weighted by Gasteiger charge is -2.42. The highest BCUT2D eigenvalue weighted by Gasteiger charge is 2.35. The monoisotopic (exact) mass is 1880 g/mol. The van der Waals surface area contributed by atoms with E-state index in [2.05, 4.69) is 33.4 Å². The third-order valence-corrected chi connectivity index (χ3v) is 32.8. The summed E-state index contributed by atoms with van der Waals surface area (Å²) in [6.07, 6.45) is 37.5. The molecule has 6 aliphatic rings. The van der Waals surface area contributed by atoms with Crippen molar-refractivity contribution in [1.82, 2.24) is 24.5 Å². The predicted octanol–water partition coefficient (Wildman–Crippen LogP) is 21.9. The van der Waals surface area contributed by atoms with E-state index >= 15 is 0 Å². The van der Waals surface area contributed by atoms with Gasteiger partial charge in [0, 0.05) is 92.4 Å². The lowest BCUT2D eigenvalue weighted by Crippen LogP contribution is -2.48. The van der Waals surface area contributed by atoms with Gasteiger partial charge in [0.25, 0.3) is 49.6 Å². The van der Waals surface area contributed by atoms with Gasteiger partial charge in [-0.15, -0.1) is 0 Å². The Morgan fingerprint density at radius 2 is 0.634 bits per heavy atom. The molecule has 0 bridgehead atoms. The van der Waals surface area contributed by atoms with Gasteiger partial charge in [-0.3, -0.25) is 33.4 Å². The zero-order chi connectivity index (χ0) is 93.5. The van der Waals surface area contributed by atoms with Crippen LogP contribution in [0.5, 0.6) is 0 Å². The van der Waals surface area contributed by atoms with E-state index in [9.17, 15) is 57.6 Å². The Bertz CT molecular complexity index is 5540. The molecule has 0 unspecified atom stereocenters. The molecule has 5 amide bonds. The number of amides is 5. The van der Waals surface area contributed by atoms with Crippen LogP contribution in [-0.4, -0.2) is 157 Å². The Morgan fingerprint density at radius 3 is 1.04 bits per heavy atom. The molecular formula is C105H132ClN7O14S4. The van der Waals surface area contributed by atoms with Gasteiger partial charge in [0.1, 0.15) is 0 Å². The second-order valence-electron chi connectivity index (χ2n) is 35.9. The molecule has 702 valence electrons. The fourth-order valence-electron chi connectivity index (χ4n) is 18.6. The number of hydrogen-bond acceptors (Lipinski definition) is 14. The summed E-state index contributed by atoms with van der Waals surface area (Å²) in [6, 6.07) is 65.9. The van der Waals surface area contributed by atoms with E-state index < -0.39 is 39.7 Å². The topological polar surface area (TPSA) is 282 Å². The summed E-state index contributed by atoms with van der Waals surface area (Å²) in [4.78, 5) is 74.9. The minimum absolute atomic E-state index is 0.0208. The van der Waals surface area contributed by atoms with Crippen molar-refractivity contribution in [2.24, 2.45) is 0 Å². The van der Waals surface area contributed by atoms with E-state index in [4.69, 9.17) is 16.7 Å². The highest BCUT2D eigenvalue weighted by atomic mass is 35.5. The van der Waals surface area contributed by atoms with Crippen LogP contribution in [0.3, 0.4) is 0 Å². The number of aliphatic hydroxyl groups excluding tert-OH is 1. The van der Waals surface area contributed by atoms with Gasteiger partial charge < -0.3 is 29.6 Å². The molecule has 3 N–H and O–H groups in total. The second-order valence-corrected chi connectivity index (χ2v) is 43.6. The third-order valence-electron chi connectivity index (χ3n) is 26.3. The molecule has 15 rings (SSSR count). The smallest absolute Gasteiger partial charge is 0.261 e. The van der Waals surface area contributed by atoms with Crippen LogP contribution in [0.1, 0.15) is 280 Å². The van der Waals surface area contributed by atoms with Gasteiger partial charge in [0.15, 0.2) is 19.7 Å². The van der Waals surface area contributed by atoms with Crippen molar-refractivity contribution in [3.63, 3.8) is 0 Å². The SMILES string of the molecule is CN(C(=O)c1cc(CS(=O)(=O)c2ccccc2)cc(NS(=O)(=O)c2ccccc2)c1)C1CCCCC1.CN(C(=O)c1ccc(CO)cc1)C1CCCCCCC1.CN(C(=O)c1ccc(NS(=O)(=O)c2ccccc2)cc1Cl)C1CCCCC1.CN(C(=O)c1cccc(CS(=O)(=O)c2ccccc2)c1)C1CCCCC1.Cc1ccc(C(=O)N(C2CCCCC2)C2CCCCC2)cc1. The van der Waals surface area contributed by atoms with Crippen LogP contribution in [0.15, 0.2) is 250 Å². The highest BCUT2D eigenvalue weighted by Crippen LogP contribution is 2.35. The number of nitrogens with zero attached hydrogens (tertiary/aromatic N) is 5. The number of aryl methyl sites for hydroxylation is 1. The molecule has 6 fully saturated rings.